The van der Waals surface area contributed by atoms with Crippen LogP contribution < -0.4 is 0 Å². The van der Waals surface area contributed by atoms with Crippen molar-refractivity contribution >= 4 is 11.6 Å². The van der Waals surface area contributed by atoms with E-state index in [1.54, 1.807) is 0 Å². The molecule has 0 aliphatic heterocycles. The summed E-state index contributed by atoms with van der Waals surface area (Å²) in [7, 11) is 0. The minimum Gasteiger partial charge on any atom is -0.392 e. The first kappa shape index (κ1) is 12.2. The SMILES string of the molecule is Cc1ccc(-c2ccc(Cl)c(CO)c2)cc1C. The number of aliphatic hydroxyl groups is 1. The summed E-state index contributed by atoms with van der Waals surface area (Å²) in [6.07, 6.45) is 0. The van der Waals surface area contributed by atoms with E-state index >= 15 is 0 Å². The lowest BCUT2D eigenvalue weighted by molar-refractivity contribution is 0.282. The zero-order chi connectivity index (χ0) is 12.4. The number of aliphatic hydroxyl groups excluding tert-OH is 1. The van der Waals surface area contributed by atoms with Crippen LogP contribution in [0.2, 0.25) is 5.02 Å². The van der Waals surface area contributed by atoms with Gasteiger partial charge in [-0.05, 0) is 53.8 Å². The van der Waals surface area contributed by atoms with Crippen molar-refractivity contribution in [1.82, 2.24) is 0 Å². The van der Waals surface area contributed by atoms with E-state index in [1.807, 2.05) is 18.2 Å². The zero-order valence-electron chi connectivity index (χ0n) is 10.00. The van der Waals surface area contributed by atoms with Crippen LogP contribution in [0.1, 0.15) is 16.7 Å². The fourth-order valence-electron chi connectivity index (χ4n) is 1.80. The number of aryl methyl sites for hydroxylation is 2. The Hall–Kier alpha value is -1.31. The Balaban J connectivity index is 2.49. The molecule has 0 saturated carbocycles. The Bertz CT molecular complexity index is 547. The maximum atomic E-state index is 9.20. The van der Waals surface area contributed by atoms with Crippen molar-refractivity contribution in [3.63, 3.8) is 0 Å². The van der Waals surface area contributed by atoms with Crippen molar-refractivity contribution in [1.29, 1.82) is 0 Å². The number of hydrogen-bond donors (Lipinski definition) is 1. The van der Waals surface area contributed by atoms with Crippen molar-refractivity contribution < 1.29 is 5.11 Å². The Labute approximate surface area is 107 Å². The number of benzene rings is 2. The predicted octanol–water partition coefficient (Wildman–Crippen LogP) is 4.12. The van der Waals surface area contributed by atoms with Gasteiger partial charge in [0.2, 0.25) is 0 Å². The summed E-state index contributed by atoms with van der Waals surface area (Å²) in [6.45, 7) is 4.17. The van der Waals surface area contributed by atoms with Crippen LogP contribution in [0, 0.1) is 13.8 Å². The first-order valence-corrected chi connectivity index (χ1v) is 5.96. The van der Waals surface area contributed by atoms with Crippen molar-refractivity contribution in [3.8, 4) is 11.1 Å². The van der Waals surface area contributed by atoms with Crippen LogP contribution in [0.4, 0.5) is 0 Å². The Morgan fingerprint density at radius 2 is 1.59 bits per heavy atom. The molecule has 0 amide bonds. The summed E-state index contributed by atoms with van der Waals surface area (Å²) in [5.74, 6) is 0. The van der Waals surface area contributed by atoms with E-state index in [-0.39, 0.29) is 6.61 Å². The lowest BCUT2D eigenvalue weighted by Gasteiger charge is -2.08. The summed E-state index contributed by atoms with van der Waals surface area (Å²) in [5.41, 5.74) is 5.55. The van der Waals surface area contributed by atoms with Crippen LogP contribution in [0.3, 0.4) is 0 Å². The molecule has 2 rings (SSSR count). The van der Waals surface area contributed by atoms with E-state index in [0.29, 0.717) is 5.02 Å². The minimum absolute atomic E-state index is 0.0302. The third-order valence-corrected chi connectivity index (χ3v) is 3.43. The number of rotatable bonds is 2. The zero-order valence-corrected chi connectivity index (χ0v) is 10.8. The molecule has 1 N–H and O–H groups in total. The van der Waals surface area contributed by atoms with Gasteiger partial charge in [0.25, 0.3) is 0 Å². The van der Waals surface area contributed by atoms with E-state index in [9.17, 15) is 5.11 Å². The molecule has 1 nitrogen and oxygen atoms in total. The fourth-order valence-corrected chi connectivity index (χ4v) is 1.97. The first-order chi connectivity index (χ1) is 8.11. The highest BCUT2D eigenvalue weighted by molar-refractivity contribution is 6.31. The minimum atomic E-state index is -0.0302. The average Bonchev–Trinajstić information content (AvgIpc) is 2.33. The molecule has 0 radical (unpaired) electrons. The van der Waals surface area contributed by atoms with E-state index in [0.717, 1.165) is 16.7 Å². The van der Waals surface area contributed by atoms with Gasteiger partial charge in [0, 0.05) is 5.02 Å². The second-order valence-electron chi connectivity index (χ2n) is 4.26. The van der Waals surface area contributed by atoms with Crippen molar-refractivity contribution in [2.75, 3.05) is 0 Å². The average molecular weight is 247 g/mol. The Morgan fingerprint density at radius 1 is 0.941 bits per heavy atom. The van der Waals surface area contributed by atoms with E-state index in [1.165, 1.54) is 11.1 Å². The van der Waals surface area contributed by atoms with Crippen molar-refractivity contribution in [2.45, 2.75) is 20.5 Å². The molecule has 2 aromatic rings. The van der Waals surface area contributed by atoms with Gasteiger partial charge < -0.3 is 5.11 Å². The second-order valence-corrected chi connectivity index (χ2v) is 4.67. The molecular formula is C15H15ClO. The summed E-state index contributed by atoms with van der Waals surface area (Å²) in [6, 6.07) is 12.1. The van der Waals surface area contributed by atoms with Crippen molar-refractivity contribution in [2.24, 2.45) is 0 Å². The van der Waals surface area contributed by atoms with Crippen molar-refractivity contribution in [3.05, 3.63) is 58.1 Å². The topological polar surface area (TPSA) is 20.2 Å². The van der Waals surface area contributed by atoms with Crippen LogP contribution in [-0.2, 0) is 6.61 Å². The maximum Gasteiger partial charge on any atom is 0.0696 e. The van der Waals surface area contributed by atoms with Gasteiger partial charge in [-0.1, -0.05) is 35.9 Å². The molecule has 0 atom stereocenters. The van der Waals surface area contributed by atoms with Gasteiger partial charge in [-0.2, -0.15) is 0 Å². The maximum absolute atomic E-state index is 9.20. The summed E-state index contributed by atoms with van der Waals surface area (Å²) < 4.78 is 0. The molecule has 0 heterocycles. The molecule has 88 valence electrons. The number of hydrogen-bond acceptors (Lipinski definition) is 1. The van der Waals surface area contributed by atoms with Crippen LogP contribution in [0.5, 0.6) is 0 Å². The molecule has 0 aromatic heterocycles. The Kier molecular flexibility index (Phi) is 3.51. The lowest BCUT2D eigenvalue weighted by Crippen LogP contribution is -1.88. The van der Waals surface area contributed by atoms with E-state index in [4.69, 9.17) is 11.6 Å². The predicted molar refractivity (Wildman–Crippen MR) is 72.3 cm³/mol. The van der Waals surface area contributed by atoms with E-state index in [2.05, 4.69) is 32.0 Å². The van der Waals surface area contributed by atoms with Gasteiger partial charge in [-0.25, -0.2) is 0 Å². The molecule has 0 spiro atoms. The molecule has 0 fully saturated rings. The highest BCUT2D eigenvalue weighted by Crippen LogP contribution is 2.26. The normalized spacial score (nSPS) is 10.6. The number of halogens is 1. The van der Waals surface area contributed by atoms with Gasteiger partial charge in [0.05, 0.1) is 6.61 Å². The largest absolute Gasteiger partial charge is 0.392 e. The van der Waals surface area contributed by atoms with Gasteiger partial charge in [-0.3, -0.25) is 0 Å². The molecular weight excluding hydrogens is 232 g/mol. The monoisotopic (exact) mass is 246 g/mol. The first-order valence-electron chi connectivity index (χ1n) is 5.58. The summed E-state index contributed by atoms with van der Waals surface area (Å²) in [4.78, 5) is 0. The highest BCUT2D eigenvalue weighted by atomic mass is 35.5. The smallest absolute Gasteiger partial charge is 0.0696 e. The molecule has 2 aromatic carbocycles. The van der Waals surface area contributed by atoms with Crippen LogP contribution >= 0.6 is 11.6 Å². The second kappa shape index (κ2) is 4.91. The standard InChI is InChI=1S/C15H15ClO/c1-10-3-4-12(7-11(10)2)13-5-6-15(16)14(8-13)9-17/h3-8,17H,9H2,1-2H3. The molecule has 0 aliphatic carbocycles. The Morgan fingerprint density at radius 3 is 2.24 bits per heavy atom. The lowest BCUT2D eigenvalue weighted by atomic mass is 9.99. The molecule has 2 heteroatoms. The summed E-state index contributed by atoms with van der Waals surface area (Å²) in [5, 5.41) is 9.82. The van der Waals surface area contributed by atoms with E-state index < -0.39 is 0 Å². The molecule has 0 bridgehead atoms. The quantitative estimate of drug-likeness (QED) is 0.845. The van der Waals surface area contributed by atoms with Gasteiger partial charge in [0.15, 0.2) is 0 Å². The molecule has 0 saturated heterocycles. The molecule has 0 unspecified atom stereocenters. The summed E-state index contributed by atoms with van der Waals surface area (Å²) >= 11 is 5.98. The highest BCUT2D eigenvalue weighted by Gasteiger charge is 2.04. The van der Waals surface area contributed by atoms with Crippen LogP contribution in [-0.4, -0.2) is 5.11 Å². The molecule has 0 aliphatic rings. The fraction of sp³-hybridized carbons (Fsp3) is 0.200. The van der Waals surface area contributed by atoms with Crippen LogP contribution in [0.25, 0.3) is 11.1 Å². The van der Waals surface area contributed by atoms with Gasteiger partial charge >= 0.3 is 0 Å². The van der Waals surface area contributed by atoms with Gasteiger partial charge in [0.1, 0.15) is 0 Å². The van der Waals surface area contributed by atoms with Crippen LogP contribution in [0.15, 0.2) is 36.4 Å². The third-order valence-electron chi connectivity index (χ3n) is 3.06. The third kappa shape index (κ3) is 2.51. The molecule has 17 heavy (non-hydrogen) atoms. The van der Waals surface area contributed by atoms with Gasteiger partial charge in [-0.15, -0.1) is 0 Å².